The van der Waals surface area contributed by atoms with Crippen LogP contribution in [0.5, 0.6) is 0 Å². The molecule has 2 aliphatic heterocycles. The van der Waals surface area contributed by atoms with Crippen LogP contribution < -0.4 is 5.32 Å². The van der Waals surface area contributed by atoms with Crippen molar-refractivity contribution in [3.8, 4) is 0 Å². The highest BCUT2D eigenvalue weighted by atomic mass is 16.4. The molecule has 1 amide bonds. The predicted octanol–water partition coefficient (Wildman–Crippen LogP) is 1.23. The molecule has 2 N–H and O–H groups in total. The molecule has 0 aromatic carbocycles. The largest absolute Gasteiger partial charge is 0.480 e. The molecule has 2 heterocycles. The van der Waals surface area contributed by atoms with E-state index >= 15 is 0 Å². The number of amides is 1. The highest BCUT2D eigenvalue weighted by molar-refractivity contribution is 5.83. The van der Waals surface area contributed by atoms with E-state index < -0.39 is 12.0 Å². The van der Waals surface area contributed by atoms with Crippen molar-refractivity contribution in [1.82, 2.24) is 10.2 Å². The molecule has 0 aromatic heterocycles. The third-order valence-electron chi connectivity index (χ3n) is 4.22. The Bertz CT molecular complexity index is 327. The summed E-state index contributed by atoms with van der Waals surface area (Å²) in [5.74, 6) is -0.445. The lowest BCUT2D eigenvalue weighted by molar-refractivity contribution is -0.150. The number of carbonyl (C=O) groups is 2. The minimum absolute atomic E-state index is 0.0306. The fourth-order valence-corrected chi connectivity index (χ4v) is 3.13. The first-order valence-corrected chi connectivity index (χ1v) is 7.41. The van der Waals surface area contributed by atoms with Crippen molar-refractivity contribution < 1.29 is 14.7 Å². The zero-order valence-corrected chi connectivity index (χ0v) is 11.4. The molecule has 5 nitrogen and oxygen atoms in total. The number of aliphatic carboxylic acids is 1. The molecular weight excluding hydrogens is 244 g/mol. The lowest BCUT2D eigenvalue weighted by Crippen LogP contribution is -2.46. The second kappa shape index (κ2) is 6.89. The van der Waals surface area contributed by atoms with Gasteiger partial charge in [-0.2, -0.15) is 0 Å². The Morgan fingerprint density at radius 2 is 2.00 bits per heavy atom. The van der Waals surface area contributed by atoms with Crippen molar-refractivity contribution in [1.29, 1.82) is 0 Å². The molecule has 19 heavy (non-hydrogen) atoms. The van der Waals surface area contributed by atoms with E-state index in [0.717, 1.165) is 45.2 Å². The SMILES string of the molecule is O=C(O)C1CCCCCN1C(=O)CC1CCCNC1. The van der Waals surface area contributed by atoms with E-state index in [2.05, 4.69) is 5.32 Å². The summed E-state index contributed by atoms with van der Waals surface area (Å²) in [4.78, 5) is 25.3. The Hall–Kier alpha value is -1.10. The maximum absolute atomic E-state index is 12.4. The molecule has 2 rings (SSSR count). The smallest absolute Gasteiger partial charge is 0.326 e. The van der Waals surface area contributed by atoms with Crippen LogP contribution >= 0.6 is 0 Å². The highest BCUT2D eigenvalue weighted by Gasteiger charge is 2.31. The fourth-order valence-electron chi connectivity index (χ4n) is 3.13. The highest BCUT2D eigenvalue weighted by Crippen LogP contribution is 2.21. The minimum atomic E-state index is -0.850. The van der Waals surface area contributed by atoms with Crippen molar-refractivity contribution in [3.63, 3.8) is 0 Å². The predicted molar refractivity (Wildman–Crippen MR) is 71.8 cm³/mol. The monoisotopic (exact) mass is 268 g/mol. The van der Waals surface area contributed by atoms with E-state index in [1.54, 1.807) is 4.90 Å². The average Bonchev–Trinajstić information content (AvgIpc) is 2.65. The van der Waals surface area contributed by atoms with Crippen molar-refractivity contribution in [2.24, 2.45) is 5.92 Å². The van der Waals surface area contributed by atoms with E-state index in [9.17, 15) is 14.7 Å². The van der Waals surface area contributed by atoms with Crippen LogP contribution in [0.1, 0.15) is 44.9 Å². The third kappa shape index (κ3) is 3.93. The van der Waals surface area contributed by atoms with Crippen LogP contribution in [-0.4, -0.2) is 47.6 Å². The Labute approximate surface area is 114 Å². The molecule has 2 saturated heterocycles. The van der Waals surface area contributed by atoms with Gasteiger partial charge < -0.3 is 15.3 Å². The first kappa shape index (κ1) is 14.3. The molecule has 2 aliphatic rings. The van der Waals surface area contributed by atoms with Crippen molar-refractivity contribution in [2.45, 2.75) is 51.0 Å². The van der Waals surface area contributed by atoms with Crippen LogP contribution in [0.3, 0.4) is 0 Å². The number of likely N-dealkylation sites (tertiary alicyclic amines) is 1. The second-order valence-electron chi connectivity index (χ2n) is 5.71. The quantitative estimate of drug-likeness (QED) is 0.808. The van der Waals surface area contributed by atoms with Crippen LogP contribution in [0.4, 0.5) is 0 Å². The van der Waals surface area contributed by atoms with E-state index in [-0.39, 0.29) is 5.91 Å². The van der Waals surface area contributed by atoms with Gasteiger partial charge in [0.15, 0.2) is 0 Å². The Morgan fingerprint density at radius 1 is 1.16 bits per heavy atom. The summed E-state index contributed by atoms with van der Waals surface area (Å²) in [7, 11) is 0. The number of piperidine rings is 1. The lowest BCUT2D eigenvalue weighted by Gasteiger charge is -2.30. The molecule has 0 aliphatic carbocycles. The van der Waals surface area contributed by atoms with Crippen molar-refractivity contribution in [2.75, 3.05) is 19.6 Å². The van der Waals surface area contributed by atoms with Gasteiger partial charge in [0.05, 0.1) is 0 Å². The molecule has 108 valence electrons. The zero-order chi connectivity index (χ0) is 13.7. The number of carbonyl (C=O) groups excluding carboxylic acids is 1. The number of rotatable bonds is 3. The maximum atomic E-state index is 12.4. The average molecular weight is 268 g/mol. The van der Waals surface area contributed by atoms with Crippen molar-refractivity contribution >= 4 is 11.9 Å². The van der Waals surface area contributed by atoms with E-state index in [1.807, 2.05) is 0 Å². The molecule has 0 radical (unpaired) electrons. The van der Waals surface area contributed by atoms with E-state index in [0.29, 0.717) is 25.3 Å². The maximum Gasteiger partial charge on any atom is 0.326 e. The minimum Gasteiger partial charge on any atom is -0.480 e. The second-order valence-corrected chi connectivity index (χ2v) is 5.71. The molecule has 0 saturated carbocycles. The number of nitrogens with one attached hydrogen (secondary N) is 1. The molecule has 0 aromatic rings. The van der Waals surface area contributed by atoms with Gasteiger partial charge in [-0.3, -0.25) is 4.79 Å². The number of nitrogens with zero attached hydrogens (tertiary/aromatic N) is 1. The Kier molecular flexibility index (Phi) is 5.19. The lowest BCUT2D eigenvalue weighted by atomic mass is 9.95. The summed E-state index contributed by atoms with van der Waals surface area (Å²) >= 11 is 0. The van der Waals surface area contributed by atoms with Gasteiger partial charge in [0, 0.05) is 13.0 Å². The van der Waals surface area contributed by atoms with Crippen molar-refractivity contribution in [3.05, 3.63) is 0 Å². The summed E-state index contributed by atoms with van der Waals surface area (Å²) in [6.45, 7) is 2.53. The molecule has 0 bridgehead atoms. The first-order chi connectivity index (χ1) is 9.18. The molecular formula is C14H24N2O3. The topological polar surface area (TPSA) is 69.6 Å². The molecule has 2 atom stereocenters. The number of hydrogen-bond donors (Lipinski definition) is 2. The number of carboxylic acid groups (broad SMARTS) is 1. The van der Waals surface area contributed by atoms with Gasteiger partial charge >= 0.3 is 5.97 Å². The van der Waals surface area contributed by atoms with Gasteiger partial charge in [0.25, 0.3) is 0 Å². The van der Waals surface area contributed by atoms with Crippen LogP contribution in [0, 0.1) is 5.92 Å². The molecule has 5 heteroatoms. The molecule has 2 unspecified atom stereocenters. The van der Waals surface area contributed by atoms with Gasteiger partial charge in [0.1, 0.15) is 6.04 Å². The van der Waals surface area contributed by atoms with Crippen LogP contribution in [0.15, 0.2) is 0 Å². The zero-order valence-electron chi connectivity index (χ0n) is 11.4. The number of carboxylic acids is 1. The normalized spacial score (nSPS) is 28.7. The summed E-state index contributed by atoms with van der Waals surface area (Å²) in [6.07, 6.45) is 6.15. The fraction of sp³-hybridized carbons (Fsp3) is 0.857. The van der Waals surface area contributed by atoms with E-state index in [1.165, 1.54) is 0 Å². The number of hydrogen-bond acceptors (Lipinski definition) is 3. The van der Waals surface area contributed by atoms with Gasteiger partial charge in [-0.05, 0) is 44.7 Å². The Balaban J connectivity index is 1.95. The van der Waals surface area contributed by atoms with Crippen LogP contribution in [0.2, 0.25) is 0 Å². The van der Waals surface area contributed by atoms with Gasteiger partial charge in [-0.15, -0.1) is 0 Å². The summed E-state index contributed by atoms with van der Waals surface area (Å²) in [6, 6.07) is -0.605. The summed E-state index contributed by atoms with van der Waals surface area (Å²) in [5.41, 5.74) is 0. The van der Waals surface area contributed by atoms with Gasteiger partial charge in [-0.1, -0.05) is 12.8 Å². The standard InChI is InChI=1S/C14H24N2O3/c17-13(9-11-5-4-7-15-10-11)16-8-3-1-2-6-12(16)14(18)19/h11-12,15H,1-10H2,(H,18,19). The first-order valence-electron chi connectivity index (χ1n) is 7.41. The third-order valence-corrected chi connectivity index (χ3v) is 4.22. The Morgan fingerprint density at radius 3 is 2.68 bits per heavy atom. The summed E-state index contributed by atoms with van der Waals surface area (Å²) < 4.78 is 0. The van der Waals surface area contributed by atoms with Gasteiger partial charge in [-0.25, -0.2) is 4.79 Å². The summed E-state index contributed by atoms with van der Waals surface area (Å²) in [5, 5.41) is 12.6. The molecule has 0 spiro atoms. The van der Waals surface area contributed by atoms with E-state index in [4.69, 9.17) is 0 Å². The van der Waals surface area contributed by atoms with Crippen LogP contribution in [0.25, 0.3) is 0 Å². The molecule has 2 fully saturated rings. The van der Waals surface area contributed by atoms with Gasteiger partial charge in [0.2, 0.25) is 5.91 Å². The van der Waals surface area contributed by atoms with Crippen LogP contribution in [-0.2, 0) is 9.59 Å².